The first-order valence-electron chi connectivity index (χ1n) is 8.41. The molecule has 3 unspecified atom stereocenters. The molecule has 5 nitrogen and oxygen atoms in total. The Morgan fingerprint density at radius 3 is 2.68 bits per heavy atom. The van der Waals surface area contributed by atoms with Crippen LogP contribution in [0.4, 0.5) is 0 Å². The Balaban J connectivity index is 0.00000182. The summed E-state index contributed by atoms with van der Waals surface area (Å²) in [4.78, 5) is 19.5. The number of amides is 1. The topological polar surface area (TPSA) is 64.2 Å². The van der Waals surface area contributed by atoms with Gasteiger partial charge in [0.05, 0.1) is 6.20 Å². The van der Waals surface area contributed by atoms with Crippen LogP contribution in [0.15, 0.2) is 41.7 Å². The lowest BCUT2D eigenvalue weighted by atomic mass is 9.98. The number of nitrogens with two attached hydrogens (primary N) is 1. The van der Waals surface area contributed by atoms with Gasteiger partial charge < -0.3 is 10.6 Å². The summed E-state index contributed by atoms with van der Waals surface area (Å²) in [6.45, 7) is 1.60. The minimum absolute atomic E-state index is 0. The summed E-state index contributed by atoms with van der Waals surface area (Å²) >= 11 is 1.55. The van der Waals surface area contributed by atoms with Crippen molar-refractivity contribution in [2.75, 3.05) is 19.3 Å². The minimum atomic E-state index is 0. The SMILES string of the molecule is CSc1ncc(C(=O)N2CC3CCC(N)C3C2)n1-c1ccccc1.Cl. The van der Waals surface area contributed by atoms with Crippen LogP contribution in [0.25, 0.3) is 5.69 Å². The fourth-order valence-corrected chi connectivity index (χ4v) is 4.64. The monoisotopic (exact) mass is 378 g/mol. The minimum Gasteiger partial charge on any atom is -0.337 e. The Hall–Kier alpha value is -1.50. The molecule has 0 radical (unpaired) electrons. The van der Waals surface area contributed by atoms with Crippen molar-refractivity contribution in [1.29, 1.82) is 0 Å². The van der Waals surface area contributed by atoms with E-state index in [2.05, 4.69) is 4.98 Å². The normalized spacial score (nSPS) is 24.9. The number of carbonyl (C=O) groups is 1. The zero-order valence-corrected chi connectivity index (χ0v) is 15.8. The average Bonchev–Trinajstić information content (AvgIpc) is 3.30. The van der Waals surface area contributed by atoms with Gasteiger partial charge in [-0.1, -0.05) is 30.0 Å². The van der Waals surface area contributed by atoms with E-state index >= 15 is 0 Å². The number of hydrogen-bond donors (Lipinski definition) is 1. The number of carbonyl (C=O) groups excluding carboxylic acids is 1. The van der Waals surface area contributed by atoms with Crippen molar-refractivity contribution >= 4 is 30.1 Å². The molecule has 1 aromatic carbocycles. The quantitative estimate of drug-likeness (QED) is 0.834. The van der Waals surface area contributed by atoms with Gasteiger partial charge in [-0.15, -0.1) is 12.4 Å². The number of hydrogen-bond acceptors (Lipinski definition) is 4. The Kier molecular flexibility index (Phi) is 5.41. The number of likely N-dealkylation sites (tertiary alicyclic amines) is 1. The van der Waals surface area contributed by atoms with Crippen molar-refractivity contribution < 1.29 is 4.79 Å². The maximum atomic E-state index is 13.1. The summed E-state index contributed by atoms with van der Waals surface area (Å²) in [5.74, 6) is 1.09. The predicted octanol–water partition coefficient (Wildman–Crippen LogP) is 2.83. The summed E-state index contributed by atoms with van der Waals surface area (Å²) in [5, 5.41) is 0.834. The molecule has 1 aliphatic heterocycles. The number of halogens is 1. The van der Waals surface area contributed by atoms with Crippen LogP contribution in [-0.2, 0) is 0 Å². The van der Waals surface area contributed by atoms with E-state index < -0.39 is 0 Å². The third-order valence-electron chi connectivity index (χ3n) is 5.35. The third-order valence-corrected chi connectivity index (χ3v) is 6.00. The highest BCUT2D eigenvalue weighted by Crippen LogP contribution is 2.37. The van der Waals surface area contributed by atoms with E-state index in [9.17, 15) is 4.79 Å². The van der Waals surface area contributed by atoms with Gasteiger partial charge in [0.1, 0.15) is 5.69 Å². The van der Waals surface area contributed by atoms with E-state index in [0.29, 0.717) is 17.5 Å². The maximum Gasteiger partial charge on any atom is 0.272 e. The largest absolute Gasteiger partial charge is 0.337 e. The van der Waals surface area contributed by atoms with E-state index in [1.165, 1.54) is 0 Å². The van der Waals surface area contributed by atoms with E-state index in [1.54, 1.807) is 18.0 Å². The van der Waals surface area contributed by atoms with Crippen LogP contribution in [0.1, 0.15) is 23.3 Å². The lowest BCUT2D eigenvalue weighted by Gasteiger charge is -2.20. The summed E-state index contributed by atoms with van der Waals surface area (Å²) in [7, 11) is 0. The highest BCUT2D eigenvalue weighted by molar-refractivity contribution is 7.98. The second-order valence-electron chi connectivity index (χ2n) is 6.68. The highest BCUT2D eigenvalue weighted by Gasteiger charge is 2.43. The van der Waals surface area contributed by atoms with Gasteiger partial charge in [0.2, 0.25) is 0 Å². The van der Waals surface area contributed by atoms with Crippen molar-refractivity contribution in [2.24, 2.45) is 17.6 Å². The number of aromatic nitrogens is 2. The fraction of sp³-hybridized carbons (Fsp3) is 0.444. The summed E-state index contributed by atoms with van der Waals surface area (Å²) in [5.41, 5.74) is 7.82. The van der Waals surface area contributed by atoms with Crippen LogP contribution in [0.3, 0.4) is 0 Å². The molecule has 2 fully saturated rings. The summed E-state index contributed by atoms with van der Waals surface area (Å²) in [6, 6.07) is 10.2. The van der Waals surface area contributed by atoms with E-state index in [-0.39, 0.29) is 24.4 Å². The molecule has 7 heteroatoms. The van der Waals surface area contributed by atoms with E-state index in [0.717, 1.165) is 36.8 Å². The van der Waals surface area contributed by atoms with Gasteiger partial charge in [0.25, 0.3) is 5.91 Å². The van der Waals surface area contributed by atoms with Crippen LogP contribution in [0.2, 0.25) is 0 Å². The molecule has 4 rings (SSSR count). The number of fused-ring (bicyclic) bond motifs is 1. The van der Waals surface area contributed by atoms with Crippen molar-refractivity contribution in [1.82, 2.24) is 14.5 Å². The van der Waals surface area contributed by atoms with Gasteiger partial charge in [-0.05, 0) is 43.1 Å². The fourth-order valence-electron chi connectivity index (χ4n) is 4.09. The molecule has 1 amide bonds. The Labute approximate surface area is 158 Å². The van der Waals surface area contributed by atoms with E-state index in [4.69, 9.17) is 5.73 Å². The maximum absolute atomic E-state index is 13.1. The zero-order chi connectivity index (χ0) is 16.7. The first kappa shape index (κ1) is 18.3. The molecule has 2 heterocycles. The molecule has 1 saturated heterocycles. The molecular formula is C18H23ClN4OS. The molecular weight excluding hydrogens is 356 g/mol. The van der Waals surface area contributed by atoms with Crippen LogP contribution in [0.5, 0.6) is 0 Å². The predicted molar refractivity (Wildman–Crippen MR) is 103 cm³/mol. The smallest absolute Gasteiger partial charge is 0.272 e. The zero-order valence-electron chi connectivity index (χ0n) is 14.2. The molecule has 2 aliphatic rings. The van der Waals surface area contributed by atoms with Gasteiger partial charge in [-0.3, -0.25) is 9.36 Å². The molecule has 25 heavy (non-hydrogen) atoms. The number of benzene rings is 1. The highest BCUT2D eigenvalue weighted by atomic mass is 35.5. The van der Waals surface area contributed by atoms with Crippen molar-refractivity contribution in [3.63, 3.8) is 0 Å². The number of rotatable bonds is 3. The van der Waals surface area contributed by atoms with Crippen LogP contribution >= 0.6 is 24.2 Å². The molecule has 1 saturated carbocycles. The van der Waals surface area contributed by atoms with Gasteiger partial charge in [0.15, 0.2) is 5.16 Å². The van der Waals surface area contributed by atoms with Crippen LogP contribution in [-0.4, -0.2) is 45.7 Å². The van der Waals surface area contributed by atoms with Crippen molar-refractivity contribution in [3.8, 4) is 5.69 Å². The third kappa shape index (κ3) is 3.18. The first-order valence-corrected chi connectivity index (χ1v) is 9.63. The molecule has 0 bridgehead atoms. The molecule has 1 aromatic heterocycles. The number of para-hydroxylation sites is 1. The molecule has 2 aromatic rings. The van der Waals surface area contributed by atoms with Crippen molar-refractivity contribution in [2.45, 2.75) is 24.0 Å². The lowest BCUT2D eigenvalue weighted by Crippen LogP contribution is -2.34. The van der Waals surface area contributed by atoms with Gasteiger partial charge in [0, 0.05) is 24.8 Å². The van der Waals surface area contributed by atoms with Gasteiger partial charge >= 0.3 is 0 Å². The van der Waals surface area contributed by atoms with Crippen LogP contribution in [0, 0.1) is 11.8 Å². The Bertz CT molecular complexity index is 751. The number of nitrogens with zero attached hydrogens (tertiary/aromatic N) is 3. The summed E-state index contributed by atoms with van der Waals surface area (Å²) < 4.78 is 1.96. The molecule has 1 aliphatic carbocycles. The van der Waals surface area contributed by atoms with Crippen LogP contribution < -0.4 is 5.73 Å². The lowest BCUT2D eigenvalue weighted by molar-refractivity contribution is 0.0771. The second-order valence-corrected chi connectivity index (χ2v) is 7.45. The molecule has 134 valence electrons. The molecule has 0 spiro atoms. The average molecular weight is 379 g/mol. The van der Waals surface area contributed by atoms with E-state index in [1.807, 2.05) is 46.1 Å². The molecule has 2 N–H and O–H groups in total. The standard InChI is InChI=1S/C18H22N4OS.ClH/c1-24-18-20-9-16(22(18)13-5-3-2-4-6-13)17(23)21-10-12-7-8-15(19)14(12)11-21;/h2-6,9,12,14-15H,7-8,10-11,19H2,1H3;1H. The first-order chi connectivity index (χ1) is 11.7. The van der Waals surface area contributed by atoms with Gasteiger partial charge in [-0.2, -0.15) is 0 Å². The Morgan fingerprint density at radius 1 is 1.24 bits per heavy atom. The Morgan fingerprint density at radius 2 is 2.00 bits per heavy atom. The summed E-state index contributed by atoms with van der Waals surface area (Å²) in [6.07, 6.45) is 5.92. The number of thioether (sulfide) groups is 1. The van der Waals surface area contributed by atoms with Crippen molar-refractivity contribution in [3.05, 3.63) is 42.2 Å². The van der Waals surface area contributed by atoms with Gasteiger partial charge in [-0.25, -0.2) is 4.98 Å². The molecule has 3 atom stereocenters. The number of imidazole rings is 1. The second kappa shape index (κ2) is 7.40.